The van der Waals surface area contributed by atoms with Crippen LogP contribution in [0, 0.1) is 11.3 Å². The van der Waals surface area contributed by atoms with Gasteiger partial charge in [0.15, 0.2) is 0 Å². The standard InChI is InChI=1S/C12H18Br2N2/c1-8(12(2,3)4)6-15-11-10(14)5-9(13)7-16-11/h5,7-8H,6H2,1-4H3,(H,15,16). The van der Waals surface area contributed by atoms with Gasteiger partial charge in [-0.15, -0.1) is 0 Å². The molecule has 1 heterocycles. The molecule has 0 fully saturated rings. The molecular formula is C12H18Br2N2. The number of rotatable bonds is 3. The van der Waals surface area contributed by atoms with E-state index in [-0.39, 0.29) is 0 Å². The predicted octanol–water partition coefficient (Wildman–Crippen LogP) is 4.70. The van der Waals surface area contributed by atoms with E-state index in [2.05, 4.69) is 69.9 Å². The molecule has 0 bridgehead atoms. The van der Waals surface area contributed by atoms with Gasteiger partial charge in [-0.2, -0.15) is 0 Å². The van der Waals surface area contributed by atoms with Crippen LogP contribution < -0.4 is 5.32 Å². The molecule has 0 aliphatic rings. The lowest BCUT2D eigenvalue weighted by atomic mass is 9.82. The summed E-state index contributed by atoms with van der Waals surface area (Å²) in [5, 5.41) is 3.37. The first-order chi connectivity index (χ1) is 7.30. The van der Waals surface area contributed by atoms with Crippen LogP contribution in [0.15, 0.2) is 21.2 Å². The molecule has 0 aliphatic carbocycles. The van der Waals surface area contributed by atoms with E-state index >= 15 is 0 Å². The number of aromatic nitrogens is 1. The maximum absolute atomic E-state index is 4.33. The number of pyridine rings is 1. The minimum Gasteiger partial charge on any atom is -0.369 e. The molecule has 0 saturated carbocycles. The van der Waals surface area contributed by atoms with Gasteiger partial charge in [-0.3, -0.25) is 0 Å². The summed E-state index contributed by atoms with van der Waals surface area (Å²) < 4.78 is 1.97. The summed E-state index contributed by atoms with van der Waals surface area (Å²) in [5.74, 6) is 1.49. The molecule has 0 amide bonds. The van der Waals surface area contributed by atoms with Gasteiger partial charge in [0.2, 0.25) is 0 Å². The van der Waals surface area contributed by atoms with Crippen molar-refractivity contribution in [1.29, 1.82) is 0 Å². The molecule has 1 aromatic rings. The molecule has 16 heavy (non-hydrogen) atoms. The summed E-state index contributed by atoms with van der Waals surface area (Å²) in [6.45, 7) is 9.94. The smallest absolute Gasteiger partial charge is 0.140 e. The van der Waals surface area contributed by atoms with Crippen molar-refractivity contribution in [2.24, 2.45) is 11.3 Å². The molecule has 1 unspecified atom stereocenters. The van der Waals surface area contributed by atoms with Crippen LogP contribution in [0.1, 0.15) is 27.7 Å². The van der Waals surface area contributed by atoms with Crippen molar-refractivity contribution in [2.75, 3.05) is 11.9 Å². The molecule has 0 aromatic carbocycles. The van der Waals surface area contributed by atoms with Crippen LogP contribution in [-0.2, 0) is 0 Å². The van der Waals surface area contributed by atoms with E-state index in [1.54, 1.807) is 6.20 Å². The first-order valence-electron chi connectivity index (χ1n) is 5.35. The van der Waals surface area contributed by atoms with Gasteiger partial charge in [-0.05, 0) is 49.3 Å². The second-order valence-corrected chi connectivity index (χ2v) is 6.90. The minimum absolute atomic E-state index is 0.314. The third kappa shape index (κ3) is 4.06. The Morgan fingerprint density at radius 1 is 1.38 bits per heavy atom. The molecule has 2 nitrogen and oxygen atoms in total. The SMILES string of the molecule is CC(CNc1ncc(Br)cc1Br)C(C)(C)C. The Kier molecular flexibility index (Phi) is 4.80. The van der Waals surface area contributed by atoms with Crippen LogP contribution >= 0.6 is 31.9 Å². The molecule has 0 radical (unpaired) electrons. The number of halogens is 2. The van der Waals surface area contributed by atoms with E-state index in [4.69, 9.17) is 0 Å². The predicted molar refractivity (Wildman–Crippen MR) is 76.7 cm³/mol. The quantitative estimate of drug-likeness (QED) is 0.855. The number of hydrogen-bond donors (Lipinski definition) is 1. The van der Waals surface area contributed by atoms with E-state index in [1.165, 1.54) is 0 Å². The molecular weight excluding hydrogens is 332 g/mol. The molecule has 4 heteroatoms. The number of nitrogens with zero attached hydrogens (tertiary/aromatic N) is 1. The van der Waals surface area contributed by atoms with E-state index in [0.717, 1.165) is 21.3 Å². The third-order valence-corrected chi connectivity index (χ3v) is 3.90. The van der Waals surface area contributed by atoms with Crippen LogP contribution in [-0.4, -0.2) is 11.5 Å². The highest BCUT2D eigenvalue weighted by Gasteiger charge is 2.19. The molecule has 0 saturated heterocycles. The van der Waals surface area contributed by atoms with Gasteiger partial charge in [0.1, 0.15) is 5.82 Å². The van der Waals surface area contributed by atoms with Crippen molar-refractivity contribution in [3.8, 4) is 0 Å². The fourth-order valence-corrected chi connectivity index (χ4v) is 2.23. The van der Waals surface area contributed by atoms with Gasteiger partial charge >= 0.3 is 0 Å². The minimum atomic E-state index is 0.314. The zero-order chi connectivity index (χ0) is 12.3. The van der Waals surface area contributed by atoms with E-state index < -0.39 is 0 Å². The van der Waals surface area contributed by atoms with Crippen LogP contribution in [0.25, 0.3) is 0 Å². The molecule has 1 N–H and O–H groups in total. The first kappa shape index (κ1) is 14.0. The Hall–Kier alpha value is -0.0900. The van der Waals surface area contributed by atoms with Crippen molar-refractivity contribution in [1.82, 2.24) is 4.98 Å². The second-order valence-electron chi connectivity index (χ2n) is 5.13. The van der Waals surface area contributed by atoms with Gasteiger partial charge in [0, 0.05) is 17.2 Å². The number of nitrogens with one attached hydrogen (secondary N) is 1. The van der Waals surface area contributed by atoms with Crippen LogP contribution in [0.3, 0.4) is 0 Å². The summed E-state index contributed by atoms with van der Waals surface area (Å²) >= 11 is 6.88. The summed E-state index contributed by atoms with van der Waals surface area (Å²) in [6.07, 6.45) is 1.80. The lowest BCUT2D eigenvalue weighted by molar-refractivity contribution is 0.274. The summed E-state index contributed by atoms with van der Waals surface area (Å²) in [5.41, 5.74) is 0.314. The summed E-state index contributed by atoms with van der Waals surface area (Å²) in [7, 11) is 0. The average Bonchev–Trinajstić information content (AvgIpc) is 2.14. The van der Waals surface area contributed by atoms with Crippen LogP contribution in [0.4, 0.5) is 5.82 Å². The molecule has 0 aliphatic heterocycles. The highest BCUT2D eigenvalue weighted by atomic mass is 79.9. The Morgan fingerprint density at radius 3 is 2.50 bits per heavy atom. The topological polar surface area (TPSA) is 24.9 Å². The van der Waals surface area contributed by atoms with E-state index in [0.29, 0.717) is 11.3 Å². The number of hydrogen-bond acceptors (Lipinski definition) is 2. The Balaban J connectivity index is 2.62. The Bertz CT molecular complexity index is 359. The zero-order valence-corrected chi connectivity index (χ0v) is 13.3. The van der Waals surface area contributed by atoms with Crippen LogP contribution in [0.5, 0.6) is 0 Å². The fourth-order valence-electron chi connectivity index (χ4n) is 1.10. The monoisotopic (exact) mass is 348 g/mol. The molecule has 1 aromatic heterocycles. The second kappa shape index (κ2) is 5.50. The average molecular weight is 350 g/mol. The van der Waals surface area contributed by atoms with Crippen molar-refractivity contribution in [2.45, 2.75) is 27.7 Å². The Morgan fingerprint density at radius 2 is 2.00 bits per heavy atom. The van der Waals surface area contributed by atoms with Crippen LogP contribution in [0.2, 0.25) is 0 Å². The first-order valence-corrected chi connectivity index (χ1v) is 6.94. The van der Waals surface area contributed by atoms with Gasteiger partial charge in [0.25, 0.3) is 0 Å². The fraction of sp³-hybridized carbons (Fsp3) is 0.583. The summed E-state index contributed by atoms with van der Waals surface area (Å²) in [4.78, 5) is 4.33. The third-order valence-electron chi connectivity index (χ3n) is 2.86. The lowest BCUT2D eigenvalue weighted by Crippen LogP contribution is -2.25. The number of anilines is 1. The summed E-state index contributed by atoms with van der Waals surface area (Å²) in [6, 6.07) is 2.00. The molecule has 1 atom stereocenters. The normalized spacial score (nSPS) is 13.6. The largest absolute Gasteiger partial charge is 0.369 e. The highest BCUT2D eigenvalue weighted by molar-refractivity contribution is 9.11. The van der Waals surface area contributed by atoms with Crippen molar-refractivity contribution >= 4 is 37.7 Å². The lowest BCUT2D eigenvalue weighted by Gasteiger charge is -2.27. The zero-order valence-electron chi connectivity index (χ0n) is 10.1. The Labute approximate surface area is 114 Å². The van der Waals surface area contributed by atoms with Gasteiger partial charge in [-0.25, -0.2) is 4.98 Å². The van der Waals surface area contributed by atoms with E-state index in [1.807, 2.05) is 6.07 Å². The van der Waals surface area contributed by atoms with Crippen molar-refractivity contribution < 1.29 is 0 Å². The maximum atomic E-state index is 4.33. The van der Waals surface area contributed by atoms with Gasteiger partial charge in [-0.1, -0.05) is 27.7 Å². The maximum Gasteiger partial charge on any atom is 0.140 e. The van der Waals surface area contributed by atoms with Gasteiger partial charge < -0.3 is 5.32 Å². The van der Waals surface area contributed by atoms with Crippen molar-refractivity contribution in [3.05, 3.63) is 21.2 Å². The van der Waals surface area contributed by atoms with Crippen molar-refractivity contribution in [3.63, 3.8) is 0 Å². The van der Waals surface area contributed by atoms with Gasteiger partial charge in [0.05, 0.1) is 4.47 Å². The molecule has 1 rings (SSSR count). The molecule has 0 spiro atoms. The highest BCUT2D eigenvalue weighted by Crippen LogP contribution is 2.27. The van der Waals surface area contributed by atoms with E-state index in [9.17, 15) is 0 Å². The molecule has 90 valence electrons.